The van der Waals surface area contributed by atoms with E-state index in [1.165, 1.54) is 12.1 Å². The summed E-state index contributed by atoms with van der Waals surface area (Å²) < 4.78 is 25.9. The zero-order chi connectivity index (χ0) is 12.3. The van der Waals surface area contributed by atoms with Crippen LogP contribution in [0, 0.1) is 6.92 Å². The minimum atomic E-state index is -3.04. The maximum atomic E-state index is 12.9. The van der Waals surface area contributed by atoms with Crippen LogP contribution in [0.5, 0.6) is 0 Å². The third-order valence-electron chi connectivity index (χ3n) is 2.64. The Labute approximate surface area is 91.9 Å². The van der Waals surface area contributed by atoms with Gasteiger partial charge in [-0.25, -0.2) is 8.78 Å². The van der Waals surface area contributed by atoms with Gasteiger partial charge in [-0.3, -0.25) is 4.79 Å². The van der Waals surface area contributed by atoms with Crippen LogP contribution < -0.4 is 5.73 Å². The van der Waals surface area contributed by atoms with E-state index in [2.05, 4.69) is 0 Å². The number of carboxylic acids is 1. The standard InChI is InChI=1S/C11H13F2NO2/c1-7-2-4-8(5-3-7)11(6-14,9(12)13)10(15)16/h2-5,9H,6,14H2,1H3,(H,15,16). The molecule has 0 fully saturated rings. The van der Waals surface area contributed by atoms with Crippen LogP contribution >= 0.6 is 0 Å². The Morgan fingerprint density at radius 1 is 1.44 bits per heavy atom. The van der Waals surface area contributed by atoms with Crippen LogP contribution in [0.2, 0.25) is 0 Å². The van der Waals surface area contributed by atoms with Crippen LogP contribution in [0.25, 0.3) is 0 Å². The number of aliphatic carboxylic acids is 1. The van der Waals surface area contributed by atoms with E-state index in [1.54, 1.807) is 19.1 Å². The van der Waals surface area contributed by atoms with Gasteiger partial charge in [-0.2, -0.15) is 0 Å². The molecular weight excluding hydrogens is 216 g/mol. The molecule has 5 heteroatoms. The van der Waals surface area contributed by atoms with Gasteiger partial charge in [-0.15, -0.1) is 0 Å². The SMILES string of the molecule is Cc1ccc(C(CN)(C(=O)O)C(F)F)cc1. The third-order valence-corrected chi connectivity index (χ3v) is 2.64. The van der Waals surface area contributed by atoms with Crippen molar-refractivity contribution in [3.8, 4) is 0 Å². The lowest BCUT2D eigenvalue weighted by atomic mass is 9.80. The van der Waals surface area contributed by atoms with Gasteiger partial charge in [0.25, 0.3) is 6.43 Å². The molecule has 1 aromatic carbocycles. The number of hydrogen-bond acceptors (Lipinski definition) is 2. The fourth-order valence-corrected chi connectivity index (χ4v) is 1.49. The second kappa shape index (κ2) is 4.57. The van der Waals surface area contributed by atoms with Gasteiger partial charge in [-0.1, -0.05) is 29.8 Å². The highest BCUT2D eigenvalue weighted by molar-refractivity contribution is 5.82. The Morgan fingerprint density at radius 3 is 2.25 bits per heavy atom. The maximum Gasteiger partial charge on any atom is 0.321 e. The quantitative estimate of drug-likeness (QED) is 0.823. The largest absolute Gasteiger partial charge is 0.480 e. The summed E-state index contributed by atoms with van der Waals surface area (Å²) in [5, 5.41) is 8.96. The van der Waals surface area contributed by atoms with Crippen molar-refractivity contribution in [2.75, 3.05) is 6.54 Å². The number of carboxylic acid groups (broad SMARTS) is 1. The molecule has 0 aliphatic heterocycles. The van der Waals surface area contributed by atoms with E-state index >= 15 is 0 Å². The summed E-state index contributed by atoms with van der Waals surface area (Å²) in [6, 6.07) is 5.93. The molecular formula is C11H13F2NO2. The molecule has 0 heterocycles. The van der Waals surface area contributed by atoms with E-state index in [9.17, 15) is 13.6 Å². The first-order valence-corrected chi connectivity index (χ1v) is 4.74. The van der Waals surface area contributed by atoms with Gasteiger partial charge in [0, 0.05) is 6.54 Å². The smallest absolute Gasteiger partial charge is 0.321 e. The van der Waals surface area contributed by atoms with Crippen LogP contribution in [0.3, 0.4) is 0 Å². The predicted molar refractivity (Wildman–Crippen MR) is 55.6 cm³/mol. The van der Waals surface area contributed by atoms with Gasteiger partial charge in [0.2, 0.25) is 0 Å². The molecule has 0 aliphatic rings. The summed E-state index contributed by atoms with van der Waals surface area (Å²) in [4.78, 5) is 11.0. The summed E-state index contributed by atoms with van der Waals surface area (Å²) in [7, 11) is 0. The number of benzene rings is 1. The molecule has 0 amide bonds. The summed E-state index contributed by atoms with van der Waals surface area (Å²) in [5.74, 6) is -1.60. The molecule has 0 aromatic heterocycles. The highest BCUT2D eigenvalue weighted by atomic mass is 19.3. The lowest BCUT2D eigenvalue weighted by Crippen LogP contribution is -2.49. The van der Waals surface area contributed by atoms with Crippen LogP contribution in [-0.2, 0) is 10.2 Å². The monoisotopic (exact) mass is 229 g/mol. The van der Waals surface area contributed by atoms with Crippen molar-refractivity contribution >= 4 is 5.97 Å². The molecule has 3 N–H and O–H groups in total. The van der Waals surface area contributed by atoms with Gasteiger partial charge >= 0.3 is 5.97 Å². The van der Waals surface area contributed by atoms with E-state index in [0.29, 0.717) is 0 Å². The van der Waals surface area contributed by atoms with Crippen LogP contribution in [0.15, 0.2) is 24.3 Å². The third kappa shape index (κ3) is 1.90. The molecule has 1 unspecified atom stereocenters. The number of carbonyl (C=O) groups is 1. The van der Waals surface area contributed by atoms with Gasteiger partial charge in [0.05, 0.1) is 0 Å². The Balaban J connectivity index is 3.30. The van der Waals surface area contributed by atoms with E-state index < -0.39 is 24.4 Å². The first kappa shape index (κ1) is 12.6. The van der Waals surface area contributed by atoms with Crippen LogP contribution in [0.1, 0.15) is 11.1 Å². The van der Waals surface area contributed by atoms with Crippen molar-refractivity contribution in [2.45, 2.75) is 18.8 Å². The maximum absolute atomic E-state index is 12.9. The van der Waals surface area contributed by atoms with Crippen molar-refractivity contribution in [3.05, 3.63) is 35.4 Å². The minimum absolute atomic E-state index is 0.0306. The Kier molecular flexibility index (Phi) is 3.59. The second-order valence-electron chi connectivity index (χ2n) is 3.65. The minimum Gasteiger partial charge on any atom is -0.480 e. The van der Waals surface area contributed by atoms with Gasteiger partial charge < -0.3 is 10.8 Å². The summed E-state index contributed by atoms with van der Waals surface area (Å²) in [5.41, 5.74) is 3.81. The molecule has 88 valence electrons. The zero-order valence-electron chi connectivity index (χ0n) is 8.78. The predicted octanol–water partition coefficient (Wildman–Crippen LogP) is 1.54. The average molecular weight is 229 g/mol. The number of nitrogens with two attached hydrogens (primary N) is 1. The van der Waals surface area contributed by atoms with Crippen molar-refractivity contribution in [1.29, 1.82) is 0 Å². The Bertz CT molecular complexity index is 378. The average Bonchev–Trinajstić information content (AvgIpc) is 2.21. The topological polar surface area (TPSA) is 63.3 Å². The molecule has 0 bridgehead atoms. The van der Waals surface area contributed by atoms with Gasteiger partial charge in [-0.05, 0) is 12.5 Å². The van der Waals surface area contributed by atoms with Crippen molar-refractivity contribution in [3.63, 3.8) is 0 Å². The van der Waals surface area contributed by atoms with Gasteiger partial charge in [0.1, 0.15) is 0 Å². The molecule has 0 aliphatic carbocycles. The molecule has 1 aromatic rings. The molecule has 3 nitrogen and oxygen atoms in total. The molecule has 1 atom stereocenters. The summed E-state index contributed by atoms with van der Waals surface area (Å²) in [6.07, 6.45) is -3.04. The van der Waals surface area contributed by atoms with Crippen LogP contribution in [0.4, 0.5) is 8.78 Å². The number of aryl methyl sites for hydroxylation is 1. The highest BCUT2D eigenvalue weighted by Gasteiger charge is 2.48. The van der Waals surface area contributed by atoms with E-state index in [1.807, 2.05) is 0 Å². The fraction of sp³-hybridized carbons (Fsp3) is 0.364. The fourth-order valence-electron chi connectivity index (χ4n) is 1.49. The van der Waals surface area contributed by atoms with Gasteiger partial charge in [0.15, 0.2) is 5.41 Å². The Morgan fingerprint density at radius 2 is 1.94 bits per heavy atom. The molecule has 0 saturated carbocycles. The zero-order valence-corrected chi connectivity index (χ0v) is 8.78. The molecule has 1 rings (SSSR count). The molecule has 0 spiro atoms. The summed E-state index contributed by atoms with van der Waals surface area (Å²) in [6.45, 7) is 1.15. The van der Waals surface area contributed by atoms with E-state index in [0.717, 1.165) is 5.56 Å². The van der Waals surface area contributed by atoms with E-state index in [4.69, 9.17) is 10.8 Å². The second-order valence-corrected chi connectivity index (χ2v) is 3.65. The normalized spacial score (nSPS) is 14.8. The number of hydrogen-bond donors (Lipinski definition) is 2. The molecule has 0 saturated heterocycles. The number of rotatable bonds is 4. The number of halogens is 2. The van der Waals surface area contributed by atoms with Crippen molar-refractivity contribution in [2.24, 2.45) is 5.73 Å². The first-order chi connectivity index (χ1) is 7.45. The highest BCUT2D eigenvalue weighted by Crippen LogP contribution is 2.31. The van der Waals surface area contributed by atoms with Crippen molar-refractivity contribution < 1.29 is 18.7 Å². The van der Waals surface area contributed by atoms with Crippen LogP contribution in [-0.4, -0.2) is 24.0 Å². The number of alkyl halides is 2. The Hall–Kier alpha value is -1.49. The molecule has 0 radical (unpaired) electrons. The van der Waals surface area contributed by atoms with E-state index in [-0.39, 0.29) is 5.56 Å². The lowest BCUT2D eigenvalue weighted by Gasteiger charge is -2.27. The van der Waals surface area contributed by atoms with Crippen molar-refractivity contribution in [1.82, 2.24) is 0 Å². The first-order valence-electron chi connectivity index (χ1n) is 4.74. The summed E-state index contributed by atoms with van der Waals surface area (Å²) >= 11 is 0. The lowest BCUT2D eigenvalue weighted by molar-refractivity contribution is -0.149. The molecule has 16 heavy (non-hydrogen) atoms.